The summed E-state index contributed by atoms with van der Waals surface area (Å²) in [4.78, 5) is 14.8. The zero-order valence-electron chi connectivity index (χ0n) is 12.2. The Morgan fingerprint density at radius 2 is 2.41 bits per heavy atom. The van der Waals surface area contributed by atoms with E-state index in [1.54, 1.807) is 0 Å². The number of thioether (sulfide) groups is 1. The van der Waals surface area contributed by atoms with E-state index in [2.05, 4.69) is 25.7 Å². The van der Waals surface area contributed by atoms with Gasteiger partial charge in [0.05, 0.1) is 5.75 Å². The lowest BCUT2D eigenvalue weighted by atomic mass is 9.99. The molecule has 1 aliphatic heterocycles. The maximum Gasteiger partial charge on any atom is 0.315 e. The van der Waals surface area contributed by atoms with Crippen molar-refractivity contribution in [2.24, 2.45) is 12.8 Å². The fourth-order valence-electron chi connectivity index (χ4n) is 2.42. The molecule has 0 radical (unpaired) electrons. The zero-order chi connectivity index (χ0) is 15.5. The summed E-state index contributed by atoms with van der Waals surface area (Å²) < 4.78 is 6.74. The van der Waals surface area contributed by atoms with Crippen molar-refractivity contribution in [3.05, 3.63) is 17.5 Å². The van der Waals surface area contributed by atoms with Crippen LogP contribution in [0.1, 0.15) is 41.1 Å². The smallest absolute Gasteiger partial charge is 0.315 e. The molecule has 1 aliphatic rings. The second kappa shape index (κ2) is 6.44. The summed E-state index contributed by atoms with van der Waals surface area (Å²) in [6.45, 7) is 2.00. The van der Waals surface area contributed by atoms with Crippen molar-refractivity contribution in [1.29, 1.82) is 0 Å². The number of carbonyl (C=O) groups excluding carboxylic acids is 1. The minimum absolute atomic E-state index is 0.178. The van der Waals surface area contributed by atoms with Gasteiger partial charge >= 0.3 is 11.8 Å². The van der Waals surface area contributed by atoms with Gasteiger partial charge in [-0.25, -0.2) is 0 Å². The van der Waals surface area contributed by atoms with Gasteiger partial charge < -0.3 is 20.1 Å². The van der Waals surface area contributed by atoms with Crippen molar-refractivity contribution in [3.8, 4) is 0 Å². The first-order valence-corrected chi connectivity index (χ1v) is 7.99. The molecule has 22 heavy (non-hydrogen) atoms. The van der Waals surface area contributed by atoms with Crippen LogP contribution in [0, 0.1) is 0 Å². The minimum atomic E-state index is -0.727. The first-order chi connectivity index (χ1) is 10.6. The van der Waals surface area contributed by atoms with Gasteiger partial charge in [0.15, 0.2) is 11.0 Å². The van der Waals surface area contributed by atoms with Gasteiger partial charge in [-0.05, 0) is 19.4 Å². The predicted octanol–water partition coefficient (Wildman–Crippen LogP) is 0.0563. The van der Waals surface area contributed by atoms with Gasteiger partial charge in [-0.15, -0.1) is 10.2 Å². The van der Waals surface area contributed by atoms with E-state index >= 15 is 0 Å². The predicted molar refractivity (Wildman–Crippen MR) is 78.2 cm³/mol. The highest BCUT2D eigenvalue weighted by Gasteiger charge is 2.22. The molecule has 2 aromatic rings. The lowest BCUT2D eigenvalue weighted by Crippen LogP contribution is -2.29. The molecule has 0 spiro atoms. The average molecular weight is 323 g/mol. The van der Waals surface area contributed by atoms with Crippen molar-refractivity contribution < 1.29 is 9.32 Å². The van der Waals surface area contributed by atoms with Gasteiger partial charge in [0.2, 0.25) is 0 Å². The topological polar surface area (TPSA) is 125 Å². The Bertz CT molecular complexity index is 662. The van der Waals surface area contributed by atoms with E-state index < -0.39 is 5.91 Å². The minimum Gasteiger partial charge on any atom is -0.361 e. The number of carbonyl (C=O) groups is 1. The van der Waals surface area contributed by atoms with Crippen molar-refractivity contribution >= 4 is 17.7 Å². The highest BCUT2D eigenvalue weighted by Crippen LogP contribution is 2.26. The molecule has 1 saturated heterocycles. The average Bonchev–Trinajstić information content (AvgIpc) is 3.13. The van der Waals surface area contributed by atoms with Crippen LogP contribution in [0.15, 0.2) is 9.68 Å². The monoisotopic (exact) mass is 323 g/mol. The molecule has 1 atom stereocenters. The molecule has 0 saturated carbocycles. The quantitative estimate of drug-likeness (QED) is 0.740. The summed E-state index contributed by atoms with van der Waals surface area (Å²) in [5, 5.41) is 16.4. The van der Waals surface area contributed by atoms with Crippen LogP contribution in [0.3, 0.4) is 0 Å². The molecule has 0 bridgehead atoms. The van der Waals surface area contributed by atoms with Gasteiger partial charge in [-0.3, -0.25) is 4.79 Å². The third-order valence-electron chi connectivity index (χ3n) is 3.54. The van der Waals surface area contributed by atoms with Crippen LogP contribution >= 0.6 is 11.8 Å². The van der Waals surface area contributed by atoms with Gasteiger partial charge in [0.1, 0.15) is 5.82 Å². The number of nitrogens with zero attached hydrogens (tertiary/aromatic N) is 5. The SMILES string of the molecule is Cn1c(SCc2noc(C(N)=O)n2)nnc1[C@@H]1CCCNC1. The summed E-state index contributed by atoms with van der Waals surface area (Å²) in [7, 11) is 1.96. The lowest BCUT2D eigenvalue weighted by molar-refractivity contribution is 0.0958. The van der Waals surface area contributed by atoms with E-state index in [1.165, 1.54) is 11.8 Å². The molecule has 2 aromatic heterocycles. The van der Waals surface area contributed by atoms with Crippen LogP contribution in [-0.4, -0.2) is 43.9 Å². The molecule has 3 rings (SSSR count). The van der Waals surface area contributed by atoms with Gasteiger partial charge in [0, 0.05) is 19.5 Å². The first-order valence-electron chi connectivity index (χ1n) is 7.00. The van der Waals surface area contributed by atoms with E-state index in [1.807, 2.05) is 11.6 Å². The number of amides is 1. The maximum absolute atomic E-state index is 10.9. The molecule has 0 aliphatic carbocycles. The largest absolute Gasteiger partial charge is 0.361 e. The lowest BCUT2D eigenvalue weighted by Gasteiger charge is -2.21. The Morgan fingerprint density at radius 1 is 1.55 bits per heavy atom. The molecule has 1 amide bonds. The Hall–Kier alpha value is -1.94. The number of piperidine rings is 1. The summed E-state index contributed by atoms with van der Waals surface area (Å²) in [5.74, 6) is 1.32. The summed E-state index contributed by atoms with van der Waals surface area (Å²) in [5.41, 5.74) is 5.07. The second-order valence-electron chi connectivity index (χ2n) is 5.11. The Kier molecular flexibility index (Phi) is 4.39. The van der Waals surface area contributed by atoms with E-state index in [9.17, 15) is 4.79 Å². The standard InChI is InChI=1S/C12H17N7O2S/c1-19-10(7-3-2-4-14-5-7)16-17-12(19)22-6-8-15-11(9(13)20)21-18-8/h7,14H,2-6H2,1H3,(H2,13,20)/t7-/m1/s1. The van der Waals surface area contributed by atoms with Crippen LogP contribution in [-0.2, 0) is 12.8 Å². The summed E-state index contributed by atoms with van der Waals surface area (Å²) in [6.07, 6.45) is 2.27. The van der Waals surface area contributed by atoms with E-state index in [4.69, 9.17) is 10.3 Å². The van der Waals surface area contributed by atoms with Crippen LogP contribution < -0.4 is 11.1 Å². The second-order valence-corrected chi connectivity index (χ2v) is 6.05. The molecule has 3 N–H and O–H groups in total. The molecule has 118 valence electrons. The number of primary amides is 1. The molecule has 0 unspecified atom stereocenters. The number of hydrogen-bond acceptors (Lipinski definition) is 8. The van der Waals surface area contributed by atoms with Crippen molar-refractivity contribution in [3.63, 3.8) is 0 Å². The van der Waals surface area contributed by atoms with Gasteiger partial charge in [-0.1, -0.05) is 16.9 Å². The van der Waals surface area contributed by atoms with Crippen LogP contribution in [0.5, 0.6) is 0 Å². The summed E-state index contributed by atoms with van der Waals surface area (Å²) in [6, 6.07) is 0. The molecule has 9 nitrogen and oxygen atoms in total. The third kappa shape index (κ3) is 3.12. The fraction of sp³-hybridized carbons (Fsp3) is 0.583. The van der Waals surface area contributed by atoms with E-state index in [0.29, 0.717) is 17.5 Å². The van der Waals surface area contributed by atoms with Gasteiger partial charge in [0.25, 0.3) is 0 Å². The highest BCUT2D eigenvalue weighted by molar-refractivity contribution is 7.98. The maximum atomic E-state index is 10.9. The number of rotatable bonds is 5. The van der Waals surface area contributed by atoms with Crippen LogP contribution in [0.25, 0.3) is 0 Å². The van der Waals surface area contributed by atoms with Gasteiger partial charge in [-0.2, -0.15) is 4.98 Å². The molecule has 0 aromatic carbocycles. The molecule has 10 heteroatoms. The van der Waals surface area contributed by atoms with E-state index in [-0.39, 0.29) is 5.89 Å². The molecule has 3 heterocycles. The molecular formula is C12H17N7O2S. The number of nitrogens with two attached hydrogens (primary N) is 1. The first kappa shape index (κ1) is 15.0. The van der Waals surface area contributed by atoms with Crippen molar-refractivity contribution in [2.75, 3.05) is 13.1 Å². The number of hydrogen-bond donors (Lipinski definition) is 2. The van der Waals surface area contributed by atoms with Crippen molar-refractivity contribution in [1.82, 2.24) is 30.2 Å². The molecular weight excluding hydrogens is 306 g/mol. The van der Waals surface area contributed by atoms with Crippen molar-refractivity contribution in [2.45, 2.75) is 29.7 Å². The number of aromatic nitrogens is 5. The fourth-order valence-corrected chi connectivity index (χ4v) is 3.18. The van der Waals surface area contributed by atoms with Crippen LogP contribution in [0.4, 0.5) is 0 Å². The summed E-state index contributed by atoms with van der Waals surface area (Å²) >= 11 is 1.44. The van der Waals surface area contributed by atoms with Crippen LogP contribution in [0.2, 0.25) is 0 Å². The number of nitrogens with one attached hydrogen (secondary N) is 1. The third-order valence-corrected chi connectivity index (χ3v) is 4.56. The molecule has 1 fully saturated rings. The normalized spacial score (nSPS) is 18.5. The Morgan fingerprint density at radius 3 is 3.09 bits per heavy atom. The Labute approximate surface area is 131 Å². The highest BCUT2D eigenvalue weighted by atomic mass is 32.2. The Balaban J connectivity index is 1.65. The zero-order valence-corrected chi connectivity index (χ0v) is 13.0. The van der Waals surface area contributed by atoms with E-state index in [0.717, 1.165) is 36.9 Å².